The van der Waals surface area contributed by atoms with Crippen molar-refractivity contribution in [2.75, 3.05) is 26.7 Å². The quantitative estimate of drug-likeness (QED) is 0.389. The van der Waals surface area contributed by atoms with Crippen LogP contribution in [0, 0.1) is 0 Å². The Morgan fingerprint density at radius 2 is 2.22 bits per heavy atom. The molecular formula is C16H26IN5O. The first kappa shape index (κ1) is 19.7. The number of guanidine groups is 1. The van der Waals surface area contributed by atoms with Gasteiger partial charge in [-0.25, -0.2) is 4.99 Å². The molecular weight excluding hydrogens is 405 g/mol. The van der Waals surface area contributed by atoms with Gasteiger partial charge in [0, 0.05) is 44.5 Å². The smallest absolute Gasteiger partial charge is 0.244 e. The fourth-order valence-electron chi connectivity index (χ4n) is 1.96. The number of hydrogen-bond acceptors (Lipinski definition) is 3. The number of likely N-dealkylation sites (N-methyl/N-ethyl adjacent to an activating group) is 1. The Kier molecular flexibility index (Phi) is 8.90. The predicted octanol–water partition coefficient (Wildman–Crippen LogP) is 1.42. The standard InChI is InChI=1S/C16H25N5O.HI/c1-3-17-16(20-14-7-8-14)19-12-15(22)21(2)11-9-13-6-4-5-10-18-13;/h4-6,10,14H,3,7-9,11-12H2,1-2H3,(H2,17,19,20);1H. The van der Waals surface area contributed by atoms with Gasteiger partial charge in [-0.1, -0.05) is 6.07 Å². The summed E-state index contributed by atoms with van der Waals surface area (Å²) in [6, 6.07) is 6.34. The van der Waals surface area contributed by atoms with Crippen LogP contribution in [0.15, 0.2) is 29.4 Å². The number of pyridine rings is 1. The third-order valence-electron chi connectivity index (χ3n) is 3.49. The number of nitrogens with one attached hydrogen (secondary N) is 2. The molecule has 0 radical (unpaired) electrons. The molecule has 1 aliphatic rings. The second-order valence-corrected chi connectivity index (χ2v) is 5.50. The van der Waals surface area contributed by atoms with Crippen LogP contribution in [0.2, 0.25) is 0 Å². The Labute approximate surface area is 155 Å². The summed E-state index contributed by atoms with van der Waals surface area (Å²) in [5, 5.41) is 6.47. The van der Waals surface area contributed by atoms with Crippen LogP contribution in [0.5, 0.6) is 0 Å². The fraction of sp³-hybridized carbons (Fsp3) is 0.562. The molecule has 1 fully saturated rings. The molecule has 0 aliphatic heterocycles. The van der Waals surface area contributed by atoms with Gasteiger partial charge < -0.3 is 15.5 Å². The van der Waals surface area contributed by atoms with Gasteiger partial charge in [0.1, 0.15) is 6.54 Å². The molecule has 0 bridgehead atoms. The number of rotatable bonds is 7. The molecule has 1 heterocycles. The van der Waals surface area contributed by atoms with Crippen molar-refractivity contribution >= 4 is 35.8 Å². The third-order valence-corrected chi connectivity index (χ3v) is 3.49. The van der Waals surface area contributed by atoms with Gasteiger partial charge in [0.15, 0.2) is 5.96 Å². The maximum Gasteiger partial charge on any atom is 0.244 e. The Morgan fingerprint density at radius 1 is 1.43 bits per heavy atom. The van der Waals surface area contributed by atoms with Crippen LogP contribution < -0.4 is 10.6 Å². The van der Waals surface area contributed by atoms with E-state index >= 15 is 0 Å². The number of aliphatic imine (C=N–C) groups is 1. The molecule has 0 atom stereocenters. The molecule has 1 amide bonds. The minimum absolute atomic E-state index is 0. The SMILES string of the molecule is CCNC(=NCC(=O)N(C)CCc1ccccn1)NC1CC1.I. The summed E-state index contributed by atoms with van der Waals surface area (Å²) in [7, 11) is 1.81. The largest absolute Gasteiger partial charge is 0.357 e. The molecule has 2 rings (SSSR count). The lowest BCUT2D eigenvalue weighted by Crippen LogP contribution is -2.40. The second-order valence-electron chi connectivity index (χ2n) is 5.50. The van der Waals surface area contributed by atoms with Gasteiger partial charge in [-0.2, -0.15) is 0 Å². The number of hydrogen-bond donors (Lipinski definition) is 2. The average Bonchev–Trinajstić information content (AvgIpc) is 3.35. The Bertz CT molecular complexity index is 504. The first-order valence-corrected chi connectivity index (χ1v) is 7.87. The van der Waals surface area contributed by atoms with Crippen molar-refractivity contribution in [3.8, 4) is 0 Å². The Hall–Kier alpha value is -1.38. The van der Waals surface area contributed by atoms with Crippen molar-refractivity contribution in [2.45, 2.75) is 32.2 Å². The molecule has 1 aromatic rings. The van der Waals surface area contributed by atoms with Gasteiger partial charge in [-0.05, 0) is 31.9 Å². The molecule has 1 saturated carbocycles. The first-order valence-electron chi connectivity index (χ1n) is 7.87. The monoisotopic (exact) mass is 431 g/mol. The van der Waals surface area contributed by atoms with Gasteiger partial charge in [0.2, 0.25) is 5.91 Å². The molecule has 1 aromatic heterocycles. The zero-order chi connectivity index (χ0) is 15.8. The van der Waals surface area contributed by atoms with Crippen molar-refractivity contribution in [1.29, 1.82) is 0 Å². The van der Waals surface area contributed by atoms with E-state index in [1.807, 2.05) is 32.2 Å². The van der Waals surface area contributed by atoms with Crippen LogP contribution in [0.3, 0.4) is 0 Å². The number of amides is 1. The predicted molar refractivity (Wildman–Crippen MR) is 103 cm³/mol. The van der Waals surface area contributed by atoms with E-state index in [0.717, 1.165) is 24.6 Å². The molecule has 0 spiro atoms. The highest BCUT2D eigenvalue weighted by molar-refractivity contribution is 14.0. The van der Waals surface area contributed by atoms with Gasteiger partial charge in [0.05, 0.1) is 0 Å². The average molecular weight is 431 g/mol. The highest BCUT2D eigenvalue weighted by Crippen LogP contribution is 2.18. The fourth-order valence-corrected chi connectivity index (χ4v) is 1.96. The molecule has 128 valence electrons. The van der Waals surface area contributed by atoms with E-state index < -0.39 is 0 Å². The van der Waals surface area contributed by atoms with Crippen LogP contribution in [0.4, 0.5) is 0 Å². The van der Waals surface area contributed by atoms with Crippen LogP contribution in [0.25, 0.3) is 0 Å². The molecule has 6 nitrogen and oxygen atoms in total. The second kappa shape index (κ2) is 10.4. The van der Waals surface area contributed by atoms with E-state index in [1.54, 1.807) is 11.1 Å². The van der Waals surface area contributed by atoms with E-state index in [9.17, 15) is 4.79 Å². The van der Waals surface area contributed by atoms with Crippen LogP contribution >= 0.6 is 24.0 Å². The molecule has 0 saturated heterocycles. The van der Waals surface area contributed by atoms with Crippen LogP contribution in [-0.4, -0.2) is 54.5 Å². The summed E-state index contributed by atoms with van der Waals surface area (Å²) in [5.41, 5.74) is 0.995. The number of aromatic nitrogens is 1. The maximum atomic E-state index is 12.1. The van der Waals surface area contributed by atoms with Crippen LogP contribution in [0.1, 0.15) is 25.5 Å². The maximum absolute atomic E-state index is 12.1. The first-order chi connectivity index (χ1) is 10.7. The Balaban J connectivity index is 0.00000264. The van der Waals surface area contributed by atoms with E-state index in [-0.39, 0.29) is 36.4 Å². The van der Waals surface area contributed by atoms with E-state index in [0.29, 0.717) is 12.6 Å². The van der Waals surface area contributed by atoms with E-state index in [4.69, 9.17) is 0 Å². The van der Waals surface area contributed by atoms with Gasteiger partial charge >= 0.3 is 0 Å². The Morgan fingerprint density at radius 3 is 2.83 bits per heavy atom. The minimum Gasteiger partial charge on any atom is -0.357 e. The van der Waals surface area contributed by atoms with Gasteiger partial charge in [-0.3, -0.25) is 9.78 Å². The van der Waals surface area contributed by atoms with Crippen molar-refractivity contribution in [2.24, 2.45) is 4.99 Å². The lowest BCUT2D eigenvalue weighted by molar-refractivity contribution is -0.128. The van der Waals surface area contributed by atoms with Crippen molar-refractivity contribution in [3.63, 3.8) is 0 Å². The summed E-state index contributed by atoms with van der Waals surface area (Å²) in [6.45, 7) is 3.63. The summed E-state index contributed by atoms with van der Waals surface area (Å²) in [5.74, 6) is 0.750. The topological polar surface area (TPSA) is 69.6 Å². The van der Waals surface area contributed by atoms with Gasteiger partial charge in [0.25, 0.3) is 0 Å². The molecule has 7 heteroatoms. The number of carbonyl (C=O) groups is 1. The number of halogens is 1. The highest BCUT2D eigenvalue weighted by atomic mass is 127. The molecule has 0 unspecified atom stereocenters. The third kappa shape index (κ3) is 7.62. The lowest BCUT2D eigenvalue weighted by atomic mass is 10.2. The highest BCUT2D eigenvalue weighted by Gasteiger charge is 2.22. The van der Waals surface area contributed by atoms with Crippen molar-refractivity contribution < 1.29 is 4.79 Å². The normalized spacial score (nSPS) is 13.9. The summed E-state index contributed by atoms with van der Waals surface area (Å²) >= 11 is 0. The van der Waals surface area contributed by atoms with E-state index in [2.05, 4.69) is 20.6 Å². The van der Waals surface area contributed by atoms with Crippen molar-refractivity contribution in [1.82, 2.24) is 20.5 Å². The summed E-state index contributed by atoms with van der Waals surface area (Å²) in [4.78, 5) is 22.4. The molecule has 0 aromatic carbocycles. The summed E-state index contributed by atoms with van der Waals surface area (Å²) < 4.78 is 0. The van der Waals surface area contributed by atoms with Crippen LogP contribution in [-0.2, 0) is 11.2 Å². The number of carbonyl (C=O) groups excluding carboxylic acids is 1. The molecule has 1 aliphatic carbocycles. The minimum atomic E-state index is 0. The lowest BCUT2D eigenvalue weighted by Gasteiger charge is -2.16. The number of nitrogens with zero attached hydrogens (tertiary/aromatic N) is 3. The van der Waals surface area contributed by atoms with Gasteiger partial charge in [-0.15, -0.1) is 24.0 Å². The van der Waals surface area contributed by atoms with E-state index in [1.165, 1.54) is 12.8 Å². The van der Waals surface area contributed by atoms with Crippen molar-refractivity contribution in [3.05, 3.63) is 30.1 Å². The molecule has 2 N–H and O–H groups in total. The zero-order valence-corrected chi connectivity index (χ0v) is 16.1. The zero-order valence-electron chi connectivity index (χ0n) is 13.8. The summed E-state index contributed by atoms with van der Waals surface area (Å²) in [6.07, 6.45) is 4.89. The molecule has 23 heavy (non-hydrogen) atoms.